The third kappa shape index (κ3) is 4.11. The molecule has 1 heterocycles. The molecule has 0 radical (unpaired) electrons. The van der Waals surface area contributed by atoms with Gasteiger partial charge in [0.2, 0.25) is 5.91 Å². The third-order valence-corrected chi connectivity index (χ3v) is 4.42. The molecule has 0 spiro atoms. The molecular formula is C20H20F3N3O2. The van der Waals surface area contributed by atoms with Crippen LogP contribution in [-0.2, 0) is 30.6 Å². The van der Waals surface area contributed by atoms with Crippen LogP contribution in [-0.4, -0.2) is 15.0 Å². The number of nitrogens with one attached hydrogen (secondary N) is 1. The number of aryl methyl sites for hydroxylation is 1. The smallest absolute Gasteiger partial charge is 0.350 e. The van der Waals surface area contributed by atoms with Crippen molar-refractivity contribution < 1.29 is 18.0 Å². The van der Waals surface area contributed by atoms with E-state index >= 15 is 0 Å². The number of amides is 1. The van der Waals surface area contributed by atoms with Crippen LogP contribution in [0, 0.1) is 0 Å². The number of carbonyl (C=O) groups excluding carboxylic acids is 1. The van der Waals surface area contributed by atoms with Gasteiger partial charge in [0.15, 0.2) is 0 Å². The van der Waals surface area contributed by atoms with E-state index in [4.69, 9.17) is 0 Å². The van der Waals surface area contributed by atoms with E-state index < -0.39 is 17.6 Å². The molecular weight excluding hydrogens is 371 g/mol. The van der Waals surface area contributed by atoms with E-state index in [2.05, 4.69) is 5.32 Å². The lowest BCUT2D eigenvalue weighted by Crippen LogP contribution is -2.33. The minimum Gasteiger partial charge on any atom is -0.350 e. The lowest BCUT2D eigenvalue weighted by atomic mass is 10.1. The van der Waals surface area contributed by atoms with Crippen molar-refractivity contribution in [1.82, 2.24) is 14.5 Å². The first-order valence-electron chi connectivity index (χ1n) is 8.92. The SMILES string of the molecule is CCCn1c(=O)n(CC(=O)NCc2cccc(C(F)(F)F)c2)c2ccccc21. The van der Waals surface area contributed by atoms with Gasteiger partial charge in [-0.2, -0.15) is 13.2 Å². The first-order valence-corrected chi connectivity index (χ1v) is 8.92. The Morgan fingerprint density at radius 3 is 2.36 bits per heavy atom. The van der Waals surface area contributed by atoms with Crippen molar-refractivity contribution in [1.29, 1.82) is 0 Å². The van der Waals surface area contributed by atoms with E-state index in [1.54, 1.807) is 16.7 Å². The molecule has 0 aliphatic rings. The highest BCUT2D eigenvalue weighted by Crippen LogP contribution is 2.29. The summed E-state index contributed by atoms with van der Waals surface area (Å²) in [5.41, 5.74) is 0.689. The summed E-state index contributed by atoms with van der Waals surface area (Å²) in [6.07, 6.45) is -3.66. The van der Waals surface area contributed by atoms with Crippen molar-refractivity contribution in [3.05, 3.63) is 70.1 Å². The molecule has 0 aliphatic heterocycles. The predicted molar refractivity (Wildman–Crippen MR) is 99.8 cm³/mol. The van der Waals surface area contributed by atoms with Crippen LogP contribution in [0.25, 0.3) is 11.0 Å². The van der Waals surface area contributed by atoms with Crippen LogP contribution in [0.1, 0.15) is 24.5 Å². The highest BCUT2D eigenvalue weighted by Gasteiger charge is 2.30. The molecule has 148 valence electrons. The maximum absolute atomic E-state index is 12.8. The van der Waals surface area contributed by atoms with Gasteiger partial charge in [-0.3, -0.25) is 13.9 Å². The van der Waals surface area contributed by atoms with Crippen LogP contribution in [0.2, 0.25) is 0 Å². The Kier molecular flexibility index (Phi) is 5.58. The van der Waals surface area contributed by atoms with Gasteiger partial charge < -0.3 is 5.32 Å². The Morgan fingerprint density at radius 2 is 1.71 bits per heavy atom. The fraction of sp³-hybridized carbons (Fsp3) is 0.300. The van der Waals surface area contributed by atoms with Crippen molar-refractivity contribution in [3.63, 3.8) is 0 Å². The quantitative estimate of drug-likeness (QED) is 0.699. The number of alkyl halides is 3. The molecule has 28 heavy (non-hydrogen) atoms. The molecule has 0 bridgehead atoms. The second-order valence-electron chi connectivity index (χ2n) is 6.48. The van der Waals surface area contributed by atoms with Gasteiger partial charge >= 0.3 is 11.9 Å². The minimum atomic E-state index is -4.44. The average molecular weight is 391 g/mol. The number of rotatable bonds is 6. The van der Waals surface area contributed by atoms with Crippen LogP contribution in [0.3, 0.4) is 0 Å². The normalized spacial score (nSPS) is 11.7. The van der Waals surface area contributed by atoms with Crippen LogP contribution in [0.15, 0.2) is 53.3 Å². The van der Waals surface area contributed by atoms with Crippen LogP contribution in [0.5, 0.6) is 0 Å². The minimum absolute atomic E-state index is 0.0505. The zero-order valence-corrected chi connectivity index (χ0v) is 15.3. The predicted octanol–water partition coefficient (Wildman–Crippen LogP) is 3.55. The van der Waals surface area contributed by atoms with Crippen molar-refractivity contribution in [3.8, 4) is 0 Å². The van der Waals surface area contributed by atoms with E-state index in [0.29, 0.717) is 17.6 Å². The van der Waals surface area contributed by atoms with Crippen molar-refractivity contribution in [2.45, 2.75) is 39.2 Å². The number of halogens is 3. The van der Waals surface area contributed by atoms with Gasteiger partial charge in [-0.05, 0) is 36.2 Å². The molecule has 2 aromatic carbocycles. The van der Waals surface area contributed by atoms with Gasteiger partial charge in [0, 0.05) is 13.1 Å². The number of nitrogens with zero attached hydrogens (tertiary/aromatic N) is 2. The number of benzene rings is 2. The average Bonchev–Trinajstić information content (AvgIpc) is 2.92. The van der Waals surface area contributed by atoms with Crippen LogP contribution in [0.4, 0.5) is 13.2 Å². The number of hydrogen-bond acceptors (Lipinski definition) is 2. The fourth-order valence-electron chi connectivity index (χ4n) is 3.12. The Labute approximate surface area is 159 Å². The molecule has 5 nitrogen and oxygen atoms in total. The van der Waals surface area contributed by atoms with E-state index in [1.807, 2.05) is 19.1 Å². The highest BCUT2D eigenvalue weighted by atomic mass is 19.4. The highest BCUT2D eigenvalue weighted by molar-refractivity contribution is 5.80. The van der Waals surface area contributed by atoms with Crippen molar-refractivity contribution in [2.24, 2.45) is 0 Å². The Balaban J connectivity index is 1.76. The summed E-state index contributed by atoms with van der Waals surface area (Å²) in [5, 5.41) is 2.58. The molecule has 0 atom stereocenters. The summed E-state index contributed by atoms with van der Waals surface area (Å²) in [4.78, 5) is 25.0. The van der Waals surface area contributed by atoms with Gasteiger partial charge in [-0.15, -0.1) is 0 Å². The molecule has 0 saturated carbocycles. The monoisotopic (exact) mass is 391 g/mol. The largest absolute Gasteiger partial charge is 0.416 e. The lowest BCUT2D eigenvalue weighted by Gasteiger charge is -2.10. The number of fused-ring (bicyclic) bond motifs is 1. The second-order valence-corrected chi connectivity index (χ2v) is 6.48. The van der Waals surface area contributed by atoms with Gasteiger partial charge in [0.05, 0.1) is 16.6 Å². The second kappa shape index (κ2) is 7.92. The Bertz CT molecular complexity index is 1050. The van der Waals surface area contributed by atoms with Crippen LogP contribution >= 0.6 is 0 Å². The number of para-hydroxylation sites is 2. The Hall–Kier alpha value is -3.03. The molecule has 0 unspecified atom stereocenters. The molecule has 8 heteroatoms. The molecule has 0 fully saturated rings. The summed E-state index contributed by atoms with van der Waals surface area (Å²) >= 11 is 0. The summed E-state index contributed by atoms with van der Waals surface area (Å²) in [7, 11) is 0. The van der Waals surface area contributed by atoms with Gasteiger partial charge in [0.1, 0.15) is 6.54 Å². The fourth-order valence-corrected chi connectivity index (χ4v) is 3.12. The van der Waals surface area contributed by atoms with E-state index in [9.17, 15) is 22.8 Å². The van der Waals surface area contributed by atoms with Crippen molar-refractivity contribution in [2.75, 3.05) is 0 Å². The number of carbonyl (C=O) groups is 1. The topological polar surface area (TPSA) is 56.0 Å². The molecule has 3 rings (SSSR count). The van der Waals surface area contributed by atoms with Gasteiger partial charge in [-0.25, -0.2) is 4.79 Å². The number of imidazole rings is 1. The lowest BCUT2D eigenvalue weighted by molar-refractivity contribution is -0.137. The zero-order valence-electron chi connectivity index (χ0n) is 15.3. The maximum Gasteiger partial charge on any atom is 0.416 e. The zero-order chi connectivity index (χ0) is 20.3. The van der Waals surface area contributed by atoms with Crippen LogP contribution < -0.4 is 11.0 Å². The Morgan fingerprint density at radius 1 is 1.04 bits per heavy atom. The molecule has 1 aromatic heterocycles. The summed E-state index contributed by atoms with van der Waals surface area (Å²) in [6, 6.07) is 12.0. The van der Waals surface area contributed by atoms with E-state index in [0.717, 1.165) is 24.1 Å². The molecule has 3 aromatic rings. The first-order chi connectivity index (χ1) is 13.3. The standard InChI is InChI=1S/C20H20F3N3O2/c1-2-10-25-16-8-3-4-9-17(16)26(19(25)28)13-18(27)24-12-14-6-5-7-15(11-14)20(21,22)23/h3-9,11H,2,10,12-13H2,1H3,(H,24,27). The number of hydrogen-bond donors (Lipinski definition) is 1. The van der Waals surface area contributed by atoms with E-state index in [1.165, 1.54) is 16.7 Å². The van der Waals surface area contributed by atoms with E-state index in [-0.39, 0.29) is 18.8 Å². The molecule has 0 saturated heterocycles. The van der Waals surface area contributed by atoms with Crippen molar-refractivity contribution >= 4 is 16.9 Å². The molecule has 1 N–H and O–H groups in total. The third-order valence-electron chi connectivity index (χ3n) is 4.42. The first kappa shape index (κ1) is 19.7. The summed E-state index contributed by atoms with van der Waals surface area (Å²) in [6.45, 7) is 2.25. The molecule has 0 aliphatic carbocycles. The molecule has 1 amide bonds. The maximum atomic E-state index is 12.8. The summed E-state index contributed by atoms with van der Waals surface area (Å²) in [5.74, 6) is -0.445. The summed E-state index contributed by atoms with van der Waals surface area (Å²) < 4.78 is 41.4. The van der Waals surface area contributed by atoms with Gasteiger partial charge in [-0.1, -0.05) is 31.2 Å². The van der Waals surface area contributed by atoms with Gasteiger partial charge in [0.25, 0.3) is 0 Å². The number of aromatic nitrogens is 2.